The highest BCUT2D eigenvalue weighted by molar-refractivity contribution is 6.00. The summed E-state index contributed by atoms with van der Waals surface area (Å²) < 4.78 is 15.8. The molecule has 1 aromatic heterocycles. The maximum atomic E-state index is 12.3. The number of methoxy groups -OCH3 is 1. The van der Waals surface area contributed by atoms with Crippen LogP contribution < -0.4 is 4.74 Å². The second kappa shape index (κ2) is 8.31. The normalized spacial score (nSPS) is 11.2. The number of carbonyl (C=O) groups is 2. The van der Waals surface area contributed by atoms with E-state index in [2.05, 4.69) is 4.98 Å². The van der Waals surface area contributed by atoms with E-state index in [0.29, 0.717) is 17.0 Å². The van der Waals surface area contributed by atoms with Gasteiger partial charge in [-0.05, 0) is 57.2 Å². The Morgan fingerprint density at radius 2 is 1.72 bits per heavy atom. The van der Waals surface area contributed by atoms with Crippen LogP contribution in [0, 0.1) is 0 Å². The van der Waals surface area contributed by atoms with Crippen molar-refractivity contribution in [3.05, 3.63) is 60.2 Å². The Balaban J connectivity index is 1.96. The van der Waals surface area contributed by atoms with Gasteiger partial charge in [0.25, 0.3) is 0 Å². The number of para-hydroxylation sites is 1. The monoisotopic (exact) mass is 393 g/mol. The summed E-state index contributed by atoms with van der Waals surface area (Å²) in [6, 6.07) is 16.4. The number of carbonyl (C=O) groups excluding carboxylic acids is 2. The molecule has 29 heavy (non-hydrogen) atoms. The van der Waals surface area contributed by atoms with E-state index < -0.39 is 17.5 Å². The third-order valence-corrected chi connectivity index (χ3v) is 4.40. The molecule has 6 nitrogen and oxygen atoms in total. The van der Waals surface area contributed by atoms with Crippen molar-refractivity contribution >= 4 is 22.8 Å². The van der Waals surface area contributed by atoms with Gasteiger partial charge in [0.05, 0.1) is 30.5 Å². The molecule has 0 amide bonds. The maximum absolute atomic E-state index is 12.3. The first-order valence-corrected chi connectivity index (χ1v) is 9.30. The molecule has 0 saturated carbocycles. The Morgan fingerprint density at radius 3 is 2.38 bits per heavy atom. The highest BCUT2D eigenvalue weighted by Gasteiger charge is 2.31. The van der Waals surface area contributed by atoms with Crippen LogP contribution in [0.1, 0.15) is 31.1 Å². The van der Waals surface area contributed by atoms with Crippen molar-refractivity contribution in [3.8, 4) is 17.0 Å². The Labute approximate surface area is 169 Å². The van der Waals surface area contributed by atoms with Gasteiger partial charge in [0.2, 0.25) is 0 Å². The largest absolute Gasteiger partial charge is 0.476 e. The van der Waals surface area contributed by atoms with Crippen molar-refractivity contribution in [2.24, 2.45) is 0 Å². The van der Waals surface area contributed by atoms with E-state index in [0.717, 1.165) is 16.5 Å². The molecule has 0 saturated heterocycles. The minimum absolute atomic E-state index is 0.286. The van der Waals surface area contributed by atoms with Crippen molar-refractivity contribution in [3.63, 3.8) is 0 Å². The lowest BCUT2D eigenvalue weighted by Crippen LogP contribution is -2.39. The molecule has 0 bridgehead atoms. The molecule has 0 N–H and O–H groups in total. The third-order valence-electron chi connectivity index (χ3n) is 4.40. The first-order valence-electron chi connectivity index (χ1n) is 9.30. The molecule has 2 aromatic carbocycles. The van der Waals surface area contributed by atoms with Gasteiger partial charge >= 0.3 is 11.9 Å². The summed E-state index contributed by atoms with van der Waals surface area (Å²) in [5.41, 5.74) is 1.30. The maximum Gasteiger partial charge on any atom is 0.349 e. The molecule has 0 fully saturated rings. The average Bonchev–Trinajstić information content (AvgIpc) is 2.72. The standard InChI is InChI=1S/C23H23NO5/c1-5-28-22(26)23(2,3)29-17-12-10-15(11-13-17)20-18(21(25)27-4)14-16-8-6-7-9-19(16)24-20/h6-14H,5H2,1-4H3. The Bertz CT molecular complexity index is 1040. The highest BCUT2D eigenvalue weighted by Crippen LogP contribution is 2.29. The first-order chi connectivity index (χ1) is 13.9. The average molecular weight is 393 g/mol. The SMILES string of the molecule is CCOC(=O)C(C)(C)Oc1ccc(-c2nc3ccccc3cc2C(=O)OC)cc1. The van der Waals surface area contributed by atoms with Gasteiger partial charge in [-0.2, -0.15) is 0 Å². The minimum Gasteiger partial charge on any atom is -0.476 e. The van der Waals surface area contributed by atoms with E-state index in [-0.39, 0.29) is 6.61 Å². The van der Waals surface area contributed by atoms with Crippen LogP contribution >= 0.6 is 0 Å². The number of fused-ring (bicyclic) bond motifs is 1. The van der Waals surface area contributed by atoms with E-state index in [4.69, 9.17) is 14.2 Å². The van der Waals surface area contributed by atoms with Crippen LogP contribution in [0.2, 0.25) is 0 Å². The van der Waals surface area contributed by atoms with Gasteiger partial charge in [0.15, 0.2) is 5.60 Å². The summed E-state index contributed by atoms with van der Waals surface area (Å²) in [6.45, 7) is 5.34. The van der Waals surface area contributed by atoms with E-state index >= 15 is 0 Å². The molecule has 0 aliphatic carbocycles. The van der Waals surface area contributed by atoms with Crippen molar-refractivity contribution in [1.29, 1.82) is 0 Å². The number of esters is 2. The summed E-state index contributed by atoms with van der Waals surface area (Å²) in [6.07, 6.45) is 0. The fraction of sp³-hybridized carbons (Fsp3) is 0.261. The van der Waals surface area contributed by atoms with Gasteiger partial charge in [0, 0.05) is 10.9 Å². The molecular weight excluding hydrogens is 370 g/mol. The fourth-order valence-corrected chi connectivity index (χ4v) is 2.92. The Kier molecular flexibility index (Phi) is 5.82. The number of pyridine rings is 1. The molecule has 0 unspecified atom stereocenters. The molecule has 3 aromatic rings. The molecule has 0 spiro atoms. The van der Waals surface area contributed by atoms with E-state index in [1.54, 1.807) is 51.1 Å². The van der Waals surface area contributed by atoms with E-state index in [1.165, 1.54) is 7.11 Å². The molecule has 3 rings (SSSR count). The molecule has 150 valence electrons. The molecule has 0 atom stereocenters. The summed E-state index contributed by atoms with van der Waals surface area (Å²) in [7, 11) is 1.34. The van der Waals surface area contributed by atoms with E-state index in [9.17, 15) is 9.59 Å². The van der Waals surface area contributed by atoms with Crippen molar-refractivity contribution in [1.82, 2.24) is 4.98 Å². The van der Waals surface area contributed by atoms with Gasteiger partial charge in [-0.15, -0.1) is 0 Å². The molecule has 0 radical (unpaired) electrons. The van der Waals surface area contributed by atoms with Gasteiger partial charge < -0.3 is 14.2 Å². The number of hydrogen-bond acceptors (Lipinski definition) is 6. The van der Waals surface area contributed by atoms with E-state index in [1.807, 2.05) is 24.3 Å². The predicted molar refractivity (Wildman–Crippen MR) is 110 cm³/mol. The van der Waals surface area contributed by atoms with Crippen LogP contribution in [0.5, 0.6) is 5.75 Å². The minimum atomic E-state index is -1.12. The van der Waals surface area contributed by atoms with Crippen molar-refractivity contribution in [2.75, 3.05) is 13.7 Å². The van der Waals surface area contributed by atoms with Crippen LogP contribution in [0.4, 0.5) is 0 Å². The second-order valence-corrected chi connectivity index (χ2v) is 6.93. The topological polar surface area (TPSA) is 74.7 Å². The zero-order valence-electron chi connectivity index (χ0n) is 16.9. The van der Waals surface area contributed by atoms with Crippen LogP contribution in [-0.2, 0) is 14.3 Å². The highest BCUT2D eigenvalue weighted by atomic mass is 16.6. The lowest BCUT2D eigenvalue weighted by atomic mass is 10.0. The molecule has 1 heterocycles. The summed E-state index contributed by atoms with van der Waals surface area (Å²) in [5, 5.41) is 0.854. The fourth-order valence-electron chi connectivity index (χ4n) is 2.92. The van der Waals surface area contributed by atoms with Gasteiger partial charge in [-0.1, -0.05) is 18.2 Å². The molecule has 0 aliphatic rings. The van der Waals surface area contributed by atoms with Crippen LogP contribution in [0.25, 0.3) is 22.2 Å². The Hall–Kier alpha value is -3.41. The lowest BCUT2D eigenvalue weighted by molar-refractivity contribution is -0.158. The third kappa shape index (κ3) is 4.37. The van der Waals surface area contributed by atoms with Gasteiger partial charge in [0.1, 0.15) is 5.75 Å². The quantitative estimate of drug-likeness (QED) is 0.578. The van der Waals surface area contributed by atoms with Gasteiger partial charge in [-0.25, -0.2) is 14.6 Å². The zero-order valence-corrected chi connectivity index (χ0v) is 16.9. The first kappa shape index (κ1) is 20.3. The Morgan fingerprint density at radius 1 is 1.03 bits per heavy atom. The van der Waals surface area contributed by atoms with Crippen molar-refractivity contribution < 1.29 is 23.8 Å². The smallest absolute Gasteiger partial charge is 0.349 e. The predicted octanol–water partition coefficient (Wildman–Crippen LogP) is 4.41. The zero-order chi connectivity index (χ0) is 21.0. The second-order valence-electron chi connectivity index (χ2n) is 6.93. The number of benzene rings is 2. The van der Waals surface area contributed by atoms with Crippen LogP contribution in [0.15, 0.2) is 54.6 Å². The lowest BCUT2D eigenvalue weighted by Gasteiger charge is -2.24. The molecule has 6 heteroatoms. The summed E-state index contributed by atoms with van der Waals surface area (Å²) in [5.74, 6) is -0.387. The number of nitrogens with zero attached hydrogens (tertiary/aromatic N) is 1. The number of hydrogen-bond donors (Lipinski definition) is 0. The summed E-state index contributed by atoms with van der Waals surface area (Å²) in [4.78, 5) is 29.0. The number of ether oxygens (including phenoxy) is 3. The summed E-state index contributed by atoms with van der Waals surface area (Å²) >= 11 is 0. The number of aromatic nitrogens is 1. The van der Waals surface area contributed by atoms with Gasteiger partial charge in [-0.3, -0.25) is 0 Å². The number of rotatable bonds is 6. The van der Waals surface area contributed by atoms with Crippen LogP contribution in [0.3, 0.4) is 0 Å². The van der Waals surface area contributed by atoms with Crippen molar-refractivity contribution in [2.45, 2.75) is 26.4 Å². The molecule has 0 aliphatic heterocycles. The molecular formula is C23H23NO5. The van der Waals surface area contributed by atoms with Crippen LogP contribution in [-0.4, -0.2) is 36.2 Å².